The van der Waals surface area contributed by atoms with Crippen molar-refractivity contribution in [1.29, 1.82) is 0 Å². The van der Waals surface area contributed by atoms with Crippen molar-refractivity contribution in [2.45, 2.75) is 39.4 Å². The number of aliphatic hydroxyl groups excluding tert-OH is 1. The molecule has 0 aromatic rings. The summed E-state index contributed by atoms with van der Waals surface area (Å²) >= 11 is 0. The SMILES string of the molecule is CC(C)(O)[C@H](O)[C@@H]1[C@@H](C(=O)O)C1(C)C. The molecule has 82 valence electrons. The van der Waals surface area contributed by atoms with Crippen LogP contribution in [0.25, 0.3) is 0 Å². The monoisotopic (exact) mass is 202 g/mol. The maximum atomic E-state index is 10.8. The van der Waals surface area contributed by atoms with Gasteiger partial charge in [-0.25, -0.2) is 0 Å². The molecule has 3 atom stereocenters. The van der Waals surface area contributed by atoms with E-state index in [-0.39, 0.29) is 5.92 Å². The lowest BCUT2D eigenvalue weighted by Gasteiger charge is -2.25. The molecule has 14 heavy (non-hydrogen) atoms. The van der Waals surface area contributed by atoms with Gasteiger partial charge < -0.3 is 15.3 Å². The first-order chi connectivity index (χ1) is 6.10. The lowest BCUT2D eigenvalue weighted by molar-refractivity contribution is -0.140. The number of carbonyl (C=O) groups is 1. The van der Waals surface area contributed by atoms with E-state index in [1.807, 2.05) is 0 Å². The van der Waals surface area contributed by atoms with E-state index in [9.17, 15) is 15.0 Å². The van der Waals surface area contributed by atoms with E-state index in [1.165, 1.54) is 13.8 Å². The van der Waals surface area contributed by atoms with Crippen LogP contribution in [0.3, 0.4) is 0 Å². The molecule has 0 spiro atoms. The molecule has 1 aliphatic carbocycles. The predicted octanol–water partition coefficient (Wildman–Crippen LogP) is 0.475. The fraction of sp³-hybridized carbons (Fsp3) is 0.900. The maximum absolute atomic E-state index is 10.8. The van der Waals surface area contributed by atoms with Gasteiger partial charge in [-0.1, -0.05) is 13.8 Å². The molecule has 0 aromatic heterocycles. The van der Waals surface area contributed by atoms with Gasteiger partial charge in [-0.2, -0.15) is 0 Å². The van der Waals surface area contributed by atoms with Crippen molar-refractivity contribution in [1.82, 2.24) is 0 Å². The molecule has 0 aromatic carbocycles. The van der Waals surface area contributed by atoms with Gasteiger partial charge in [0.05, 0.1) is 17.6 Å². The quantitative estimate of drug-likeness (QED) is 0.622. The van der Waals surface area contributed by atoms with Crippen LogP contribution in [0, 0.1) is 17.3 Å². The highest BCUT2D eigenvalue weighted by Crippen LogP contribution is 2.61. The van der Waals surface area contributed by atoms with Crippen LogP contribution >= 0.6 is 0 Å². The number of carboxylic acid groups (broad SMARTS) is 1. The Hall–Kier alpha value is -0.610. The van der Waals surface area contributed by atoms with Crippen LogP contribution in [0.1, 0.15) is 27.7 Å². The summed E-state index contributed by atoms with van der Waals surface area (Å²) in [6, 6.07) is 0. The zero-order valence-corrected chi connectivity index (χ0v) is 8.98. The van der Waals surface area contributed by atoms with E-state index in [2.05, 4.69) is 0 Å². The molecule has 1 saturated carbocycles. The fourth-order valence-electron chi connectivity index (χ4n) is 2.18. The van der Waals surface area contributed by atoms with Gasteiger partial charge in [0.15, 0.2) is 0 Å². The lowest BCUT2D eigenvalue weighted by Crippen LogP contribution is -2.39. The minimum atomic E-state index is -1.24. The molecule has 0 aliphatic heterocycles. The largest absolute Gasteiger partial charge is 0.481 e. The van der Waals surface area contributed by atoms with Gasteiger partial charge in [0.1, 0.15) is 0 Å². The van der Waals surface area contributed by atoms with E-state index in [1.54, 1.807) is 13.8 Å². The van der Waals surface area contributed by atoms with Crippen LogP contribution < -0.4 is 0 Å². The van der Waals surface area contributed by atoms with Crippen molar-refractivity contribution in [3.63, 3.8) is 0 Å². The van der Waals surface area contributed by atoms with Crippen LogP contribution in [0.15, 0.2) is 0 Å². The zero-order valence-electron chi connectivity index (χ0n) is 8.98. The molecule has 0 heterocycles. The average Bonchev–Trinajstić information content (AvgIpc) is 2.49. The molecular weight excluding hydrogens is 184 g/mol. The van der Waals surface area contributed by atoms with Crippen molar-refractivity contribution < 1.29 is 20.1 Å². The molecule has 1 fully saturated rings. The molecular formula is C10H18O4. The standard InChI is InChI=1S/C10H18O4/c1-9(2)5(6(9)8(12)13)7(11)10(3,4)14/h5-7,11,14H,1-4H3,(H,12,13)/t5-,6-,7+/m0/s1. The van der Waals surface area contributed by atoms with E-state index < -0.39 is 29.0 Å². The Labute approximate surface area is 83.6 Å². The molecule has 1 rings (SSSR count). The van der Waals surface area contributed by atoms with Crippen molar-refractivity contribution in [3.05, 3.63) is 0 Å². The number of hydrogen-bond donors (Lipinski definition) is 3. The Bertz CT molecular complexity index is 251. The average molecular weight is 202 g/mol. The third-order valence-electron chi connectivity index (χ3n) is 3.24. The second-order valence-electron chi connectivity index (χ2n) is 5.26. The van der Waals surface area contributed by atoms with Crippen LogP contribution in [-0.2, 0) is 4.79 Å². The Morgan fingerprint density at radius 3 is 2.07 bits per heavy atom. The van der Waals surface area contributed by atoms with Crippen LogP contribution in [0.2, 0.25) is 0 Å². The molecule has 4 nitrogen and oxygen atoms in total. The summed E-state index contributed by atoms with van der Waals surface area (Å²) in [5, 5.41) is 28.2. The van der Waals surface area contributed by atoms with Crippen molar-refractivity contribution in [3.8, 4) is 0 Å². The smallest absolute Gasteiger partial charge is 0.307 e. The molecule has 0 saturated heterocycles. The van der Waals surface area contributed by atoms with Gasteiger partial charge in [-0.3, -0.25) is 4.79 Å². The second-order valence-corrected chi connectivity index (χ2v) is 5.26. The minimum absolute atomic E-state index is 0.361. The summed E-state index contributed by atoms with van der Waals surface area (Å²) in [4.78, 5) is 10.8. The lowest BCUT2D eigenvalue weighted by atomic mass is 9.93. The summed E-state index contributed by atoms with van der Waals surface area (Å²) < 4.78 is 0. The first kappa shape index (κ1) is 11.5. The number of aliphatic hydroxyl groups is 2. The first-order valence-corrected chi connectivity index (χ1v) is 4.73. The second kappa shape index (κ2) is 2.94. The van der Waals surface area contributed by atoms with Crippen LogP contribution in [0.5, 0.6) is 0 Å². The number of carboxylic acids is 1. The molecule has 0 bridgehead atoms. The summed E-state index contributed by atoms with van der Waals surface area (Å²) in [6.07, 6.45) is -0.987. The third kappa shape index (κ3) is 1.64. The summed E-state index contributed by atoms with van der Waals surface area (Å²) in [5.41, 5.74) is -1.67. The van der Waals surface area contributed by atoms with Gasteiger partial charge in [-0.15, -0.1) is 0 Å². The first-order valence-electron chi connectivity index (χ1n) is 4.73. The molecule has 0 amide bonds. The molecule has 4 heteroatoms. The molecule has 0 unspecified atom stereocenters. The highest BCUT2D eigenvalue weighted by Gasteiger charge is 2.66. The summed E-state index contributed by atoms with van der Waals surface area (Å²) in [7, 11) is 0. The van der Waals surface area contributed by atoms with Gasteiger partial charge in [-0.05, 0) is 19.3 Å². The third-order valence-corrected chi connectivity index (χ3v) is 3.24. The normalized spacial score (nSPS) is 32.4. The summed E-state index contributed by atoms with van der Waals surface area (Å²) in [5.74, 6) is -1.81. The van der Waals surface area contributed by atoms with Crippen molar-refractivity contribution >= 4 is 5.97 Å². The molecule has 1 aliphatic rings. The Morgan fingerprint density at radius 1 is 1.43 bits per heavy atom. The highest BCUT2D eigenvalue weighted by molar-refractivity contribution is 5.75. The van der Waals surface area contributed by atoms with E-state index in [0.29, 0.717) is 0 Å². The maximum Gasteiger partial charge on any atom is 0.307 e. The molecule has 3 N–H and O–H groups in total. The van der Waals surface area contributed by atoms with Crippen LogP contribution in [0.4, 0.5) is 0 Å². The van der Waals surface area contributed by atoms with E-state index >= 15 is 0 Å². The van der Waals surface area contributed by atoms with Crippen molar-refractivity contribution in [2.24, 2.45) is 17.3 Å². The fourth-order valence-corrected chi connectivity index (χ4v) is 2.18. The number of rotatable bonds is 3. The number of hydrogen-bond acceptors (Lipinski definition) is 3. The summed E-state index contributed by atoms with van der Waals surface area (Å²) in [6.45, 7) is 6.58. The zero-order chi connectivity index (χ0) is 11.3. The van der Waals surface area contributed by atoms with Crippen LogP contribution in [-0.4, -0.2) is 33.0 Å². The van der Waals surface area contributed by atoms with E-state index in [0.717, 1.165) is 0 Å². The minimum Gasteiger partial charge on any atom is -0.481 e. The topological polar surface area (TPSA) is 77.8 Å². The Morgan fingerprint density at radius 2 is 1.86 bits per heavy atom. The van der Waals surface area contributed by atoms with Gasteiger partial charge in [0.25, 0.3) is 0 Å². The Balaban J connectivity index is 2.79. The highest BCUT2D eigenvalue weighted by atomic mass is 16.4. The van der Waals surface area contributed by atoms with Gasteiger partial charge in [0.2, 0.25) is 0 Å². The van der Waals surface area contributed by atoms with Crippen molar-refractivity contribution in [2.75, 3.05) is 0 Å². The van der Waals surface area contributed by atoms with Gasteiger partial charge in [0, 0.05) is 5.92 Å². The number of aliphatic carboxylic acids is 1. The van der Waals surface area contributed by atoms with Gasteiger partial charge >= 0.3 is 5.97 Å². The Kier molecular flexibility index (Phi) is 2.41. The predicted molar refractivity (Wildman–Crippen MR) is 50.7 cm³/mol. The molecule has 0 radical (unpaired) electrons. The van der Waals surface area contributed by atoms with E-state index in [4.69, 9.17) is 5.11 Å².